The SMILES string of the molecule is CSCC[C@H](N)C(=O)Nc1ccc(N(C)C)nc1. The maximum absolute atomic E-state index is 11.8. The fourth-order valence-corrected chi connectivity index (χ4v) is 1.83. The minimum Gasteiger partial charge on any atom is -0.363 e. The van der Waals surface area contributed by atoms with E-state index >= 15 is 0 Å². The monoisotopic (exact) mass is 268 g/mol. The molecule has 0 aliphatic carbocycles. The number of amides is 1. The average molecular weight is 268 g/mol. The van der Waals surface area contributed by atoms with Gasteiger partial charge in [-0.1, -0.05) is 0 Å². The number of nitrogens with zero attached hydrogens (tertiary/aromatic N) is 2. The van der Waals surface area contributed by atoms with Crippen molar-refractivity contribution in [1.29, 1.82) is 0 Å². The van der Waals surface area contributed by atoms with E-state index in [-0.39, 0.29) is 5.91 Å². The van der Waals surface area contributed by atoms with Gasteiger partial charge in [0.1, 0.15) is 5.82 Å². The van der Waals surface area contributed by atoms with Gasteiger partial charge in [0.05, 0.1) is 17.9 Å². The highest BCUT2D eigenvalue weighted by Gasteiger charge is 2.13. The molecule has 1 heterocycles. The summed E-state index contributed by atoms with van der Waals surface area (Å²) in [4.78, 5) is 17.9. The van der Waals surface area contributed by atoms with E-state index < -0.39 is 6.04 Å². The van der Waals surface area contributed by atoms with Crippen molar-refractivity contribution in [3.05, 3.63) is 18.3 Å². The molecule has 100 valence electrons. The first kappa shape index (κ1) is 14.8. The molecule has 0 fully saturated rings. The van der Waals surface area contributed by atoms with Crippen molar-refractivity contribution in [2.45, 2.75) is 12.5 Å². The molecule has 3 N–H and O–H groups in total. The lowest BCUT2D eigenvalue weighted by molar-refractivity contribution is -0.117. The molecule has 1 amide bonds. The van der Waals surface area contributed by atoms with Gasteiger partial charge in [0.15, 0.2) is 0 Å². The van der Waals surface area contributed by atoms with Gasteiger partial charge in [-0.05, 0) is 30.6 Å². The summed E-state index contributed by atoms with van der Waals surface area (Å²) in [6, 6.07) is 3.20. The van der Waals surface area contributed by atoms with E-state index in [1.807, 2.05) is 37.4 Å². The molecule has 0 aliphatic rings. The lowest BCUT2D eigenvalue weighted by atomic mass is 10.2. The predicted molar refractivity (Wildman–Crippen MR) is 78.2 cm³/mol. The molecule has 1 atom stereocenters. The summed E-state index contributed by atoms with van der Waals surface area (Å²) in [5.74, 6) is 1.56. The van der Waals surface area contributed by atoms with Crippen LogP contribution in [0.2, 0.25) is 0 Å². The summed E-state index contributed by atoms with van der Waals surface area (Å²) in [5, 5.41) is 2.76. The van der Waals surface area contributed by atoms with Crippen molar-refractivity contribution in [1.82, 2.24) is 4.98 Å². The number of thioether (sulfide) groups is 1. The summed E-state index contributed by atoms with van der Waals surface area (Å²) >= 11 is 1.68. The van der Waals surface area contributed by atoms with Crippen LogP contribution < -0.4 is 16.0 Å². The second-order valence-corrected chi connectivity index (χ2v) is 5.16. The molecule has 0 saturated heterocycles. The molecule has 1 aromatic heterocycles. The minimum atomic E-state index is -0.467. The summed E-state index contributed by atoms with van der Waals surface area (Å²) in [5.41, 5.74) is 6.45. The zero-order valence-corrected chi connectivity index (χ0v) is 11.8. The van der Waals surface area contributed by atoms with E-state index in [1.54, 1.807) is 18.0 Å². The number of rotatable bonds is 6. The quantitative estimate of drug-likeness (QED) is 0.810. The molecule has 0 aromatic carbocycles. The number of carbonyl (C=O) groups excluding carboxylic acids is 1. The summed E-state index contributed by atoms with van der Waals surface area (Å²) < 4.78 is 0. The molecule has 1 rings (SSSR count). The Kier molecular flexibility index (Phi) is 5.94. The number of carbonyl (C=O) groups is 1. The molecule has 1 aromatic rings. The first-order valence-electron chi connectivity index (χ1n) is 5.73. The molecule has 0 unspecified atom stereocenters. The lowest BCUT2D eigenvalue weighted by Crippen LogP contribution is -2.36. The van der Waals surface area contributed by atoms with Crippen molar-refractivity contribution in [3.8, 4) is 0 Å². The predicted octanol–water partition coefficient (Wildman–Crippen LogP) is 1.17. The fraction of sp³-hybridized carbons (Fsp3) is 0.500. The second kappa shape index (κ2) is 7.23. The first-order valence-corrected chi connectivity index (χ1v) is 7.12. The van der Waals surface area contributed by atoms with Gasteiger partial charge in [0.2, 0.25) is 5.91 Å². The van der Waals surface area contributed by atoms with Crippen LogP contribution in [0.5, 0.6) is 0 Å². The summed E-state index contributed by atoms with van der Waals surface area (Å²) in [6.07, 6.45) is 4.30. The van der Waals surface area contributed by atoms with Crippen molar-refractivity contribution < 1.29 is 4.79 Å². The highest BCUT2D eigenvalue weighted by molar-refractivity contribution is 7.98. The van der Waals surface area contributed by atoms with Gasteiger partial charge < -0.3 is 16.0 Å². The van der Waals surface area contributed by atoms with Gasteiger partial charge in [-0.15, -0.1) is 0 Å². The third-order valence-electron chi connectivity index (χ3n) is 2.44. The number of hydrogen-bond donors (Lipinski definition) is 2. The zero-order valence-electron chi connectivity index (χ0n) is 11.0. The van der Waals surface area contributed by atoms with E-state index in [0.29, 0.717) is 12.1 Å². The van der Waals surface area contributed by atoms with Crippen LogP contribution >= 0.6 is 11.8 Å². The Morgan fingerprint density at radius 1 is 1.56 bits per heavy atom. The van der Waals surface area contributed by atoms with Crippen LogP contribution in [0.15, 0.2) is 18.3 Å². The van der Waals surface area contributed by atoms with Gasteiger partial charge in [0, 0.05) is 14.1 Å². The lowest BCUT2D eigenvalue weighted by Gasteiger charge is -2.13. The Hall–Kier alpha value is -1.27. The minimum absolute atomic E-state index is 0.163. The Morgan fingerprint density at radius 2 is 2.28 bits per heavy atom. The zero-order chi connectivity index (χ0) is 13.5. The molecular formula is C12H20N4OS. The van der Waals surface area contributed by atoms with Crippen LogP contribution in [0.3, 0.4) is 0 Å². The number of pyridine rings is 1. The Labute approximate surface area is 112 Å². The molecule has 5 nitrogen and oxygen atoms in total. The topological polar surface area (TPSA) is 71.2 Å². The van der Waals surface area contributed by atoms with Gasteiger partial charge in [0.25, 0.3) is 0 Å². The van der Waals surface area contributed by atoms with Crippen LogP contribution in [0.4, 0.5) is 11.5 Å². The number of anilines is 2. The Bertz CT molecular complexity index is 380. The number of nitrogens with two attached hydrogens (primary N) is 1. The Balaban J connectivity index is 2.53. The van der Waals surface area contributed by atoms with Crippen molar-refractivity contribution in [2.75, 3.05) is 36.3 Å². The van der Waals surface area contributed by atoms with Gasteiger partial charge in [-0.2, -0.15) is 11.8 Å². The fourth-order valence-electron chi connectivity index (χ4n) is 1.34. The number of aromatic nitrogens is 1. The maximum Gasteiger partial charge on any atom is 0.241 e. The smallest absolute Gasteiger partial charge is 0.241 e. The third kappa shape index (κ3) is 4.54. The summed E-state index contributed by atoms with van der Waals surface area (Å²) in [6.45, 7) is 0. The molecule has 18 heavy (non-hydrogen) atoms. The average Bonchev–Trinajstić information content (AvgIpc) is 2.36. The molecule has 0 saturated carbocycles. The third-order valence-corrected chi connectivity index (χ3v) is 3.09. The molecule has 0 radical (unpaired) electrons. The highest BCUT2D eigenvalue weighted by atomic mass is 32.2. The van der Waals surface area contributed by atoms with Gasteiger partial charge in [-0.3, -0.25) is 4.79 Å². The van der Waals surface area contributed by atoms with Gasteiger partial charge in [-0.25, -0.2) is 4.98 Å². The highest BCUT2D eigenvalue weighted by Crippen LogP contribution is 2.12. The normalized spacial score (nSPS) is 12.0. The van der Waals surface area contributed by atoms with E-state index in [9.17, 15) is 4.79 Å². The van der Waals surface area contributed by atoms with E-state index in [1.165, 1.54) is 0 Å². The van der Waals surface area contributed by atoms with E-state index in [4.69, 9.17) is 5.73 Å². The van der Waals surface area contributed by atoms with Crippen LogP contribution in [0, 0.1) is 0 Å². The molecule has 6 heteroatoms. The largest absolute Gasteiger partial charge is 0.363 e. The van der Waals surface area contributed by atoms with Crippen molar-refractivity contribution in [3.63, 3.8) is 0 Å². The van der Waals surface area contributed by atoms with E-state index in [0.717, 1.165) is 11.6 Å². The molecule has 0 spiro atoms. The maximum atomic E-state index is 11.8. The molecule has 0 bridgehead atoms. The molecule has 0 aliphatic heterocycles. The number of hydrogen-bond acceptors (Lipinski definition) is 5. The molecular weight excluding hydrogens is 248 g/mol. The second-order valence-electron chi connectivity index (χ2n) is 4.18. The van der Waals surface area contributed by atoms with Crippen molar-refractivity contribution >= 4 is 29.2 Å². The van der Waals surface area contributed by atoms with Gasteiger partial charge >= 0.3 is 0 Å². The van der Waals surface area contributed by atoms with Crippen LogP contribution in [-0.4, -0.2) is 43.0 Å². The standard InChI is InChI=1S/C12H20N4OS/c1-16(2)11-5-4-9(8-14-11)15-12(17)10(13)6-7-18-3/h4-5,8,10H,6-7,13H2,1-3H3,(H,15,17)/t10-/m0/s1. The van der Waals surface area contributed by atoms with Crippen LogP contribution in [0.25, 0.3) is 0 Å². The number of nitrogens with one attached hydrogen (secondary N) is 1. The van der Waals surface area contributed by atoms with Crippen molar-refractivity contribution in [2.24, 2.45) is 5.73 Å². The van der Waals surface area contributed by atoms with E-state index in [2.05, 4.69) is 10.3 Å². The first-order chi connectivity index (χ1) is 8.54. The van der Waals surface area contributed by atoms with Crippen LogP contribution in [-0.2, 0) is 4.79 Å². The Morgan fingerprint density at radius 3 is 2.78 bits per heavy atom. The van der Waals surface area contributed by atoms with Crippen LogP contribution in [0.1, 0.15) is 6.42 Å². The summed E-state index contributed by atoms with van der Waals surface area (Å²) in [7, 11) is 3.83.